The Morgan fingerprint density at radius 1 is 1.30 bits per heavy atom. The Balaban J connectivity index is 2.29. The Morgan fingerprint density at radius 2 is 2.00 bits per heavy atom. The van der Waals surface area contributed by atoms with E-state index < -0.39 is 12.6 Å². The smallest absolute Gasteiger partial charge is 0.389 e. The highest BCUT2D eigenvalue weighted by Gasteiger charge is 2.32. The first-order valence-corrected chi connectivity index (χ1v) is 8.64. The van der Waals surface area contributed by atoms with Crippen molar-refractivity contribution in [2.75, 3.05) is 32.8 Å². The first-order valence-electron chi connectivity index (χ1n) is 7.84. The van der Waals surface area contributed by atoms with Gasteiger partial charge in [-0.25, -0.2) is 0 Å². The van der Waals surface area contributed by atoms with Crippen molar-refractivity contribution in [3.8, 4) is 5.75 Å². The molecule has 0 unspecified atom stereocenters. The van der Waals surface area contributed by atoms with Crippen LogP contribution in [0.15, 0.2) is 22.7 Å². The van der Waals surface area contributed by atoms with Crippen LogP contribution < -0.4 is 10.1 Å². The molecule has 1 aromatic rings. The minimum atomic E-state index is -4.15. The van der Waals surface area contributed by atoms with Crippen LogP contribution in [0.1, 0.15) is 31.4 Å². The molecule has 1 aliphatic rings. The van der Waals surface area contributed by atoms with Gasteiger partial charge in [-0.2, -0.15) is 13.2 Å². The van der Waals surface area contributed by atoms with E-state index in [1.807, 2.05) is 25.1 Å². The molecule has 0 radical (unpaired) electrons. The Hall–Kier alpha value is -0.790. The molecule has 0 bridgehead atoms. The number of hydrogen-bond donors (Lipinski definition) is 1. The molecule has 1 aliphatic heterocycles. The van der Waals surface area contributed by atoms with E-state index in [1.165, 1.54) is 0 Å². The summed E-state index contributed by atoms with van der Waals surface area (Å²) in [6.45, 7) is 5.42. The first kappa shape index (κ1) is 18.5. The van der Waals surface area contributed by atoms with Gasteiger partial charge in [-0.05, 0) is 31.5 Å². The van der Waals surface area contributed by atoms with Crippen LogP contribution in [-0.2, 0) is 0 Å². The zero-order valence-electron chi connectivity index (χ0n) is 13.1. The molecule has 0 amide bonds. The normalized spacial score (nSPS) is 18.0. The number of alkyl halides is 3. The van der Waals surface area contributed by atoms with Gasteiger partial charge >= 0.3 is 6.18 Å². The maximum Gasteiger partial charge on any atom is 0.389 e. The second-order valence-electron chi connectivity index (χ2n) is 5.57. The summed E-state index contributed by atoms with van der Waals surface area (Å²) in [7, 11) is 0. The monoisotopic (exact) mass is 394 g/mol. The van der Waals surface area contributed by atoms with Gasteiger partial charge in [0.2, 0.25) is 0 Å². The highest BCUT2D eigenvalue weighted by atomic mass is 79.9. The Labute approximate surface area is 143 Å². The fourth-order valence-corrected chi connectivity index (χ4v) is 3.27. The molecule has 1 atom stereocenters. The maximum atomic E-state index is 12.8. The van der Waals surface area contributed by atoms with Crippen molar-refractivity contribution in [2.45, 2.75) is 32.0 Å². The number of benzene rings is 1. The van der Waals surface area contributed by atoms with Gasteiger partial charge in [0.25, 0.3) is 0 Å². The summed E-state index contributed by atoms with van der Waals surface area (Å²) in [4.78, 5) is 2.12. The Bertz CT molecular complexity index is 505. The average molecular weight is 395 g/mol. The average Bonchev–Trinajstić information content (AvgIpc) is 2.50. The molecule has 1 heterocycles. The highest BCUT2D eigenvalue weighted by Crippen LogP contribution is 2.37. The summed E-state index contributed by atoms with van der Waals surface area (Å²) in [5.41, 5.74) is 0.826. The van der Waals surface area contributed by atoms with Crippen molar-refractivity contribution >= 4 is 15.9 Å². The molecule has 130 valence electrons. The quantitative estimate of drug-likeness (QED) is 0.784. The number of hydrogen-bond acceptors (Lipinski definition) is 3. The van der Waals surface area contributed by atoms with E-state index in [9.17, 15) is 13.2 Å². The lowest BCUT2D eigenvalue weighted by Crippen LogP contribution is -2.45. The molecule has 3 nitrogen and oxygen atoms in total. The molecule has 7 heteroatoms. The molecule has 2 rings (SSSR count). The van der Waals surface area contributed by atoms with E-state index in [2.05, 4.69) is 26.1 Å². The second-order valence-corrected chi connectivity index (χ2v) is 6.49. The molecule has 23 heavy (non-hydrogen) atoms. The number of piperazine rings is 1. The van der Waals surface area contributed by atoms with Crippen LogP contribution in [0.25, 0.3) is 0 Å². The van der Waals surface area contributed by atoms with E-state index in [-0.39, 0.29) is 12.5 Å². The number of rotatable bonds is 6. The van der Waals surface area contributed by atoms with Gasteiger partial charge < -0.3 is 10.1 Å². The minimum absolute atomic E-state index is 0.0417. The number of nitrogens with zero attached hydrogens (tertiary/aromatic N) is 1. The third-order valence-corrected chi connectivity index (χ3v) is 4.42. The largest absolute Gasteiger partial charge is 0.494 e. The molecule has 0 saturated carbocycles. The molecule has 0 aliphatic carbocycles. The fraction of sp³-hybridized carbons (Fsp3) is 0.625. The van der Waals surface area contributed by atoms with Gasteiger partial charge in [0.05, 0.1) is 6.61 Å². The molecule has 1 saturated heterocycles. The van der Waals surface area contributed by atoms with E-state index in [4.69, 9.17) is 4.74 Å². The van der Waals surface area contributed by atoms with Crippen LogP contribution in [-0.4, -0.2) is 43.9 Å². The lowest BCUT2D eigenvalue weighted by atomic mass is 9.98. The summed E-state index contributed by atoms with van der Waals surface area (Å²) in [6, 6.07) is 5.27. The van der Waals surface area contributed by atoms with Crippen LogP contribution in [0, 0.1) is 0 Å². The molecule has 1 fully saturated rings. The maximum absolute atomic E-state index is 12.8. The Morgan fingerprint density at radius 3 is 2.61 bits per heavy atom. The first-order chi connectivity index (χ1) is 10.9. The van der Waals surface area contributed by atoms with Crippen LogP contribution in [0.5, 0.6) is 5.75 Å². The van der Waals surface area contributed by atoms with Crippen molar-refractivity contribution in [1.29, 1.82) is 0 Å². The fourth-order valence-electron chi connectivity index (χ4n) is 2.90. The number of halogens is 4. The molecule has 1 aromatic carbocycles. The molecule has 0 spiro atoms. The summed E-state index contributed by atoms with van der Waals surface area (Å²) in [6.07, 6.45) is -4.90. The van der Waals surface area contributed by atoms with E-state index in [0.717, 1.165) is 36.2 Å². The van der Waals surface area contributed by atoms with Gasteiger partial charge in [-0.3, -0.25) is 4.90 Å². The van der Waals surface area contributed by atoms with Crippen LogP contribution in [0.2, 0.25) is 0 Å². The topological polar surface area (TPSA) is 24.5 Å². The SMILES string of the molecule is CCOc1ccc(Br)cc1[C@@H](CCC(F)(F)F)N1CCNCC1. The lowest BCUT2D eigenvalue weighted by molar-refractivity contribution is -0.138. The van der Waals surface area contributed by atoms with Crippen LogP contribution in [0.3, 0.4) is 0 Å². The third kappa shape index (κ3) is 5.65. The van der Waals surface area contributed by atoms with E-state index in [0.29, 0.717) is 12.4 Å². The van der Waals surface area contributed by atoms with Gasteiger partial charge in [0, 0.05) is 48.7 Å². The zero-order chi connectivity index (χ0) is 16.9. The number of ether oxygens (including phenoxy) is 1. The van der Waals surface area contributed by atoms with E-state index in [1.54, 1.807) is 0 Å². The van der Waals surface area contributed by atoms with Crippen molar-refractivity contribution in [3.63, 3.8) is 0 Å². The lowest BCUT2D eigenvalue weighted by Gasteiger charge is -2.36. The van der Waals surface area contributed by atoms with Crippen LogP contribution >= 0.6 is 15.9 Å². The van der Waals surface area contributed by atoms with Crippen molar-refractivity contribution < 1.29 is 17.9 Å². The van der Waals surface area contributed by atoms with Crippen molar-refractivity contribution in [2.24, 2.45) is 0 Å². The van der Waals surface area contributed by atoms with Gasteiger partial charge in [-0.15, -0.1) is 0 Å². The molecular formula is C16H22BrF3N2O. The molecule has 1 N–H and O–H groups in total. The predicted octanol–water partition coefficient (Wildman–Crippen LogP) is 4.14. The minimum Gasteiger partial charge on any atom is -0.494 e. The Kier molecular flexibility index (Phi) is 6.73. The van der Waals surface area contributed by atoms with Gasteiger partial charge in [0.15, 0.2) is 0 Å². The predicted molar refractivity (Wildman–Crippen MR) is 87.8 cm³/mol. The second kappa shape index (κ2) is 8.35. The van der Waals surface area contributed by atoms with Gasteiger partial charge in [-0.1, -0.05) is 15.9 Å². The summed E-state index contributed by atoms with van der Waals surface area (Å²) in [5, 5.41) is 3.24. The highest BCUT2D eigenvalue weighted by molar-refractivity contribution is 9.10. The number of nitrogens with one attached hydrogen (secondary N) is 1. The standard InChI is InChI=1S/C16H22BrF3N2O/c1-2-23-15-4-3-12(17)11-13(15)14(5-6-16(18,19)20)22-9-7-21-8-10-22/h3-4,11,14,21H,2,5-10H2,1H3/t14-/m1/s1. The van der Waals surface area contributed by atoms with Crippen LogP contribution in [0.4, 0.5) is 13.2 Å². The van der Waals surface area contributed by atoms with Gasteiger partial charge in [0.1, 0.15) is 5.75 Å². The van der Waals surface area contributed by atoms with E-state index >= 15 is 0 Å². The third-order valence-electron chi connectivity index (χ3n) is 3.92. The summed E-state index contributed by atoms with van der Waals surface area (Å²) in [5.74, 6) is 0.668. The summed E-state index contributed by atoms with van der Waals surface area (Å²) < 4.78 is 44.8. The van der Waals surface area contributed by atoms with Crippen molar-refractivity contribution in [3.05, 3.63) is 28.2 Å². The van der Waals surface area contributed by atoms with Crippen molar-refractivity contribution in [1.82, 2.24) is 10.2 Å². The zero-order valence-corrected chi connectivity index (χ0v) is 14.7. The molecular weight excluding hydrogens is 373 g/mol. The molecule has 0 aromatic heterocycles. The summed E-state index contributed by atoms with van der Waals surface area (Å²) >= 11 is 3.42.